The van der Waals surface area contributed by atoms with Gasteiger partial charge >= 0.3 is 5.97 Å². The molecule has 1 saturated carbocycles. The average Bonchev–Trinajstić information content (AvgIpc) is 3.09. The Morgan fingerprint density at radius 3 is 2.71 bits per heavy atom. The third-order valence-corrected chi connectivity index (χ3v) is 2.78. The first-order valence-electron chi connectivity index (χ1n) is 5.53. The van der Waals surface area contributed by atoms with Crippen molar-refractivity contribution in [3.05, 3.63) is 29.6 Å². The molecule has 1 aromatic heterocycles. The lowest BCUT2D eigenvalue weighted by molar-refractivity contribution is -0.139. The Hall–Kier alpha value is -1.91. The minimum atomic E-state index is -0.971. The largest absolute Gasteiger partial charge is 0.480 e. The number of carbonyl (C=O) groups is 2. The topological polar surface area (TPSA) is 79.3 Å². The van der Waals surface area contributed by atoms with Gasteiger partial charge in [-0.1, -0.05) is 0 Å². The zero-order chi connectivity index (χ0) is 12.4. The molecule has 90 valence electrons. The van der Waals surface area contributed by atoms with E-state index in [0.717, 1.165) is 18.4 Å². The highest BCUT2D eigenvalue weighted by Gasteiger charge is 2.37. The molecule has 0 spiro atoms. The Morgan fingerprint density at radius 2 is 2.18 bits per heavy atom. The van der Waals surface area contributed by atoms with Gasteiger partial charge in [0.25, 0.3) is 5.91 Å². The van der Waals surface area contributed by atoms with Gasteiger partial charge in [0.05, 0.1) is 5.56 Å². The van der Waals surface area contributed by atoms with E-state index >= 15 is 0 Å². The summed E-state index contributed by atoms with van der Waals surface area (Å²) in [6.07, 6.45) is 4.81. The van der Waals surface area contributed by atoms with Crippen LogP contribution in [0, 0.1) is 12.8 Å². The Labute approximate surface area is 98.9 Å². The Morgan fingerprint density at radius 1 is 1.47 bits per heavy atom. The van der Waals surface area contributed by atoms with E-state index in [-0.39, 0.29) is 11.8 Å². The molecule has 1 heterocycles. The Kier molecular flexibility index (Phi) is 3.08. The molecule has 0 saturated heterocycles. The first kappa shape index (κ1) is 11.6. The monoisotopic (exact) mass is 234 g/mol. The molecule has 1 unspecified atom stereocenters. The fraction of sp³-hybridized carbons (Fsp3) is 0.417. The second-order valence-corrected chi connectivity index (χ2v) is 4.38. The molecule has 1 amide bonds. The van der Waals surface area contributed by atoms with E-state index in [0.29, 0.717) is 5.56 Å². The molecule has 2 N–H and O–H groups in total. The lowest BCUT2D eigenvalue weighted by atomic mass is 10.1. The maximum atomic E-state index is 11.8. The molecule has 1 fully saturated rings. The van der Waals surface area contributed by atoms with Crippen LogP contribution in [0.2, 0.25) is 0 Å². The van der Waals surface area contributed by atoms with Gasteiger partial charge in [0.15, 0.2) is 0 Å². The number of pyridine rings is 1. The number of hydrogen-bond donors (Lipinski definition) is 2. The number of aliphatic carboxylic acids is 1. The average molecular weight is 234 g/mol. The second kappa shape index (κ2) is 4.53. The highest BCUT2D eigenvalue weighted by Crippen LogP contribution is 2.32. The standard InChI is InChI=1S/C12H14N2O3/c1-7-4-9(6-13-5-7)11(15)14-10(12(16)17)8-2-3-8/h4-6,8,10H,2-3H2,1H3,(H,14,15)(H,16,17). The van der Waals surface area contributed by atoms with Gasteiger partial charge in [-0.3, -0.25) is 9.78 Å². The number of nitrogens with one attached hydrogen (secondary N) is 1. The third kappa shape index (κ3) is 2.81. The molecule has 0 aromatic carbocycles. The summed E-state index contributed by atoms with van der Waals surface area (Å²) in [7, 11) is 0. The van der Waals surface area contributed by atoms with Crippen LogP contribution in [0.4, 0.5) is 0 Å². The number of aromatic nitrogens is 1. The molecule has 5 heteroatoms. The molecule has 1 aliphatic rings. The predicted octanol–water partition coefficient (Wildman–Crippen LogP) is 0.983. The van der Waals surface area contributed by atoms with Crippen LogP contribution in [0.25, 0.3) is 0 Å². The molecule has 0 bridgehead atoms. The molecule has 1 atom stereocenters. The van der Waals surface area contributed by atoms with Crippen LogP contribution in [0.3, 0.4) is 0 Å². The fourth-order valence-electron chi connectivity index (χ4n) is 1.71. The van der Waals surface area contributed by atoms with Crippen molar-refractivity contribution in [1.29, 1.82) is 0 Å². The highest BCUT2D eigenvalue weighted by molar-refractivity contribution is 5.96. The fourth-order valence-corrected chi connectivity index (χ4v) is 1.71. The van der Waals surface area contributed by atoms with Crippen LogP contribution in [-0.4, -0.2) is 28.0 Å². The van der Waals surface area contributed by atoms with Crippen LogP contribution in [-0.2, 0) is 4.79 Å². The normalized spacial score (nSPS) is 16.3. The van der Waals surface area contributed by atoms with E-state index in [2.05, 4.69) is 10.3 Å². The number of hydrogen-bond acceptors (Lipinski definition) is 3. The van der Waals surface area contributed by atoms with E-state index < -0.39 is 12.0 Å². The minimum absolute atomic E-state index is 0.0780. The maximum Gasteiger partial charge on any atom is 0.326 e. The molecule has 17 heavy (non-hydrogen) atoms. The molecule has 0 aliphatic heterocycles. The van der Waals surface area contributed by atoms with Crippen LogP contribution in [0.1, 0.15) is 28.8 Å². The number of rotatable bonds is 4. The van der Waals surface area contributed by atoms with E-state index in [4.69, 9.17) is 5.11 Å². The zero-order valence-corrected chi connectivity index (χ0v) is 9.51. The lowest BCUT2D eigenvalue weighted by Crippen LogP contribution is -2.42. The summed E-state index contributed by atoms with van der Waals surface area (Å²) in [4.78, 5) is 26.7. The van der Waals surface area contributed by atoms with Gasteiger partial charge in [-0.15, -0.1) is 0 Å². The van der Waals surface area contributed by atoms with Gasteiger partial charge in [0, 0.05) is 12.4 Å². The van der Waals surface area contributed by atoms with Gasteiger partial charge in [-0.25, -0.2) is 4.79 Å². The first-order chi connectivity index (χ1) is 8.08. The summed E-state index contributed by atoms with van der Waals surface area (Å²) in [5, 5.41) is 11.5. The van der Waals surface area contributed by atoms with E-state index in [9.17, 15) is 9.59 Å². The van der Waals surface area contributed by atoms with E-state index in [1.807, 2.05) is 6.92 Å². The number of carboxylic acid groups (broad SMARTS) is 1. The first-order valence-corrected chi connectivity index (χ1v) is 5.53. The Bertz CT molecular complexity index is 455. The van der Waals surface area contributed by atoms with Crippen LogP contribution < -0.4 is 5.32 Å². The second-order valence-electron chi connectivity index (χ2n) is 4.38. The predicted molar refractivity (Wildman–Crippen MR) is 60.6 cm³/mol. The number of carboxylic acids is 1. The zero-order valence-electron chi connectivity index (χ0n) is 9.51. The summed E-state index contributed by atoms with van der Waals surface area (Å²) in [6, 6.07) is 0.914. The van der Waals surface area contributed by atoms with E-state index in [1.165, 1.54) is 6.20 Å². The quantitative estimate of drug-likeness (QED) is 0.814. The SMILES string of the molecule is Cc1cncc(C(=O)NC(C(=O)O)C2CC2)c1. The van der Waals surface area contributed by atoms with Crippen molar-refractivity contribution in [2.45, 2.75) is 25.8 Å². The van der Waals surface area contributed by atoms with Crippen LogP contribution >= 0.6 is 0 Å². The summed E-state index contributed by atoms with van der Waals surface area (Å²) in [5.74, 6) is -1.27. The van der Waals surface area contributed by atoms with Crippen molar-refractivity contribution in [2.24, 2.45) is 5.92 Å². The van der Waals surface area contributed by atoms with Gasteiger partial charge in [0.2, 0.25) is 0 Å². The molecule has 0 radical (unpaired) electrons. The van der Waals surface area contributed by atoms with Gasteiger partial charge in [-0.2, -0.15) is 0 Å². The van der Waals surface area contributed by atoms with Gasteiger partial charge in [0.1, 0.15) is 6.04 Å². The van der Waals surface area contributed by atoms with Crippen molar-refractivity contribution in [1.82, 2.24) is 10.3 Å². The lowest BCUT2D eigenvalue weighted by Gasteiger charge is -2.13. The molecular formula is C12H14N2O3. The molecule has 5 nitrogen and oxygen atoms in total. The van der Waals surface area contributed by atoms with Crippen molar-refractivity contribution < 1.29 is 14.7 Å². The number of amides is 1. The van der Waals surface area contributed by atoms with Crippen molar-refractivity contribution in [3.63, 3.8) is 0 Å². The number of nitrogens with zero attached hydrogens (tertiary/aromatic N) is 1. The van der Waals surface area contributed by atoms with Crippen molar-refractivity contribution in [2.75, 3.05) is 0 Å². The molecule has 1 aromatic rings. The molecule has 2 rings (SSSR count). The van der Waals surface area contributed by atoms with Gasteiger partial charge in [-0.05, 0) is 37.3 Å². The third-order valence-electron chi connectivity index (χ3n) is 2.78. The van der Waals surface area contributed by atoms with Crippen LogP contribution in [0.5, 0.6) is 0 Å². The van der Waals surface area contributed by atoms with Gasteiger partial charge < -0.3 is 10.4 Å². The minimum Gasteiger partial charge on any atom is -0.480 e. The summed E-state index contributed by atoms with van der Waals surface area (Å²) < 4.78 is 0. The van der Waals surface area contributed by atoms with E-state index in [1.54, 1.807) is 12.3 Å². The summed E-state index contributed by atoms with van der Waals surface area (Å²) in [5.41, 5.74) is 1.27. The molecular weight excluding hydrogens is 220 g/mol. The van der Waals surface area contributed by atoms with Crippen molar-refractivity contribution >= 4 is 11.9 Å². The number of aryl methyl sites for hydroxylation is 1. The Balaban J connectivity index is 2.07. The summed E-state index contributed by atoms with van der Waals surface area (Å²) >= 11 is 0. The highest BCUT2D eigenvalue weighted by atomic mass is 16.4. The molecule has 1 aliphatic carbocycles. The summed E-state index contributed by atoms with van der Waals surface area (Å²) in [6.45, 7) is 1.83. The smallest absolute Gasteiger partial charge is 0.326 e. The maximum absolute atomic E-state index is 11.8. The van der Waals surface area contributed by atoms with Crippen LogP contribution in [0.15, 0.2) is 18.5 Å². The van der Waals surface area contributed by atoms with Crippen molar-refractivity contribution in [3.8, 4) is 0 Å². The number of carbonyl (C=O) groups excluding carboxylic acids is 1.